The Balaban J connectivity index is 2.00. The van der Waals surface area contributed by atoms with Crippen molar-refractivity contribution in [2.75, 3.05) is 13.2 Å². The summed E-state index contributed by atoms with van der Waals surface area (Å²) in [7, 11) is 0. The van der Waals surface area contributed by atoms with E-state index in [0.29, 0.717) is 16.7 Å². The molecular weight excluding hydrogens is 454 g/mol. The number of hydrogen-bond acceptors (Lipinski definition) is 7. The molecule has 1 N–H and O–H groups in total. The number of aryl methyl sites for hydroxylation is 2. The lowest BCUT2D eigenvalue weighted by Gasteiger charge is -2.18. The average Bonchev–Trinajstić information content (AvgIpc) is 3.19. The maximum atomic E-state index is 13.8. The van der Waals surface area contributed by atoms with Crippen molar-refractivity contribution in [2.45, 2.75) is 38.1 Å². The smallest absolute Gasteiger partial charge is 0.331 e. The quantitative estimate of drug-likeness (QED) is 0.184. The Morgan fingerprint density at radius 1 is 1.06 bits per heavy atom. The van der Waals surface area contributed by atoms with Crippen molar-refractivity contribution < 1.29 is 19.1 Å². The number of rotatable bonds is 7. The van der Waals surface area contributed by atoms with E-state index in [4.69, 9.17) is 14.5 Å². The van der Waals surface area contributed by atoms with Gasteiger partial charge in [-0.3, -0.25) is 19.0 Å². The number of hydrogen-bond donors (Lipinski definition) is 1. The highest BCUT2D eigenvalue weighted by molar-refractivity contribution is 8.01. The van der Waals surface area contributed by atoms with E-state index in [1.165, 1.54) is 4.57 Å². The Hall–Kier alpha value is -3.59. The highest BCUT2D eigenvalue weighted by atomic mass is 32.2. The zero-order chi connectivity index (χ0) is 24.4. The number of benzene rings is 2. The van der Waals surface area contributed by atoms with Crippen LogP contribution in [-0.4, -0.2) is 44.9 Å². The average molecular weight is 480 g/mol. The SMILES string of the molecule is CCOC(=O)C(Sc1nc2c([nH]c3ccccc32)c(=O)n1-c1cc(C)ccc1C)C(=O)OCC. The third-order valence-corrected chi connectivity index (χ3v) is 6.43. The predicted molar refractivity (Wildman–Crippen MR) is 132 cm³/mol. The van der Waals surface area contributed by atoms with E-state index in [0.717, 1.165) is 33.8 Å². The van der Waals surface area contributed by atoms with E-state index in [-0.39, 0.29) is 23.9 Å². The van der Waals surface area contributed by atoms with Gasteiger partial charge in [0.1, 0.15) is 11.0 Å². The molecule has 2 aromatic heterocycles. The molecule has 34 heavy (non-hydrogen) atoms. The number of thioether (sulfide) groups is 1. The number of nitrogens with zero attached hydrogens (tertiary/aromatic N) is 2. The monoisotopic (exact) mass is 479 g/mol. The predicted octanol–water partition coefficient (Wildman–Crippen LogP) is 4.07. The minimum atomic E-state index is -1.33. The van der Waals surface area contributed by atoms with Crippen LogP contribution in [0.2, 0.25) is 0 Å². The van der Waals surface area contributed by atoms with Gasteiger partial charge in [0.25, 0.3) is 5.56 Å². The van der Waals surface area contributed by atoms with Crippen molar-refractivity contribution in [1.82, 2.24) is 14.5 Å². The summed E-state index contributed by atoms with van der Waals surface area (Å²) in [5.41, 5.74) is 3.66. The first-order chi connectivity index (χ1) is 16.3. The van der Waals surface area contributed by atoms with Crippen molar-refractivity contribution in [3.8, 4) is 5.69 Å². The molecule has 0 atom stereocenters. The molecular formula is C25H25N3O5S. The molecule has 2 aromatic carbocycles. The lowest BCUT2D eigenvalue weighted by atomic mass is 10.1. The molecule has 0 unspecified atom stereocenters. The van der Waals surface area contributed by atoms with E-state index in [1.807, 2.05) is 56.3 Å². The number of para-hydroxylation sites is 1. The van der Waals surface area contributed by atoms with E-state index in [2.05, 4.69) is 4.98 Å². The van der Waals surface area contributed by atoms with Crippen molar-refractivity contribution in [3.05, 3.63) is 63.9 Å². The first-order valence-electron chi connectivity index (χ1n) is 11.0. The first-order valence-corrected chi connectivity index (χ1v) is 11.8. The number of ether oxygens (including phenoxy) is 2. The van der Waals surface area contributed by atoms with Crippen LogP contribution in [0.5, 0.6) is 0 Å². The summed E-state index contributed by atoms with van der Waals surface area (Å²) < 4.78 is 11.7. The molecule has 9 heteroatoms. The van der Waals surface area contributed by atoms with Crippen LogP contribution in [-0.2, 0) is 19.1 Å². The van der Waals surface area contributed by atoms with Gasteiger partial charge in [-0.05, 0) is 51.0 Å². The molecule has 4 rings (SSSR count). The van der Waals surface area contributed by atoms with Crippen LogP contribution in [0.25, 0.3) is 27.6 Å². The Kier molecular flexibility index (Phi) is 6.74. The van der Waals surface area contributed by atoms with Crippen molar-refractivity contribution in [1.29, 1.82) is 0 Å². The van der Waals surface area contributed by atoms with Crippen LogP contribution in [0.3, 0.4) is 0 Å². The number of fused-ring (bicyclic) bond motifs is 3. The van der Waals surface area contributed by atoms with Gasteiger partial charge in [0.05, 0.1) is 18.9 Å². The molecule has 0 amide bonds. The zero-order valence-electron chi connectivity index (χ0n) is 19.4. The van der Waals surface area contributed by atoms with Gasteiger partial charge in [-0.1, -0.05) is 42.1 Å². The molecule has 0 aliphatic rings. The fourth-order valence-electron chi connectivity index (χ4n) is 3.73. The molecule has 176 valence electrons. The van der Waals surface area contributed by atoms with Crippen LogP contribution in [0, 0.1) is 13.8 Å². The summed E-state index contributed by atoms with van der Waals surface area (Å²) >= 11 is 0.851. The third kappa shape index (κ3) is 4.31. The Bertz CT molecular complexity index is 1440. The molecule has 0 radical (unpaired) electrons. The Labute approximate surface area is 200 Å². The summed E-state index contributed by atoms with van der Waals surface area (Å²) in [6, 6.07) is 13.2. The zero-order valence-corrected chi connectivity index (χ0v) is 20.2. The summed E-state index contributed by atoms with van der Waals surface area (Å²) in [5, 5.41) is -0.360. The standard InChI is InChI=1S/C25H25N3O5S/c1-5-32-23(30)21(24(31)33-6-2)34-25-27-19-16-9-7-8-10-17(16)26-20(19)22(29)28(25)18-13-14(3)11-12-15(18)4/h7-13,21,26H,5-6H2,1-4H3. The maximum absolute atomic E-state index is 13.8. The maximum Gasteiger partial charge on any atom is 0.331 e. The van der Waals surface area contributed by atoms with Gasteiger partial charge in [0, 0.05) is 10.9 Å². The van der Waals surface area contributed by atoms with E-state index in [1.54, 1.807) is 13.8 Å². The molecule has 0 bridgehead atoms. The number of aromatic amines is 1. The summed E-state index contributed by atoms with van der Waals surface area (Å²) in [5.74, 6) is -1.49. The van der Waals surface area contributed by atoms with E-state index >= 15 is 0 Å². The molecule has 0 saturated carbocycles. The van der Waals surface area contributed by atoms with Gasteiger partial charge < -0.3 is 14.5 Å². The van der Waals surface area contributed by atoms with Gasteiger partial charge in [-0.15, -0.1) is 0 Å². The summed E-state index contributed by atoms with van der Waals surface area (Å²) in [6.45, 7) is 7.34. The van der Waals surface area contributed by atoms with E-state index < -0.39 is 17.2 Å². The van der Waals surface area contributed by atoms with Gasteiger partial charge >= 0.3 is 11.9 Å². The number of esters is 2. The molecule has 0 aliphatic heterocycles. The molecule has 2 heterocycles. The van der Waals surface area contributed by atoms with Crippen molar-refractivity contribution >= 4 is 45.6 Å². The Morgan fingerprint density at radius 3 is 2.41 bits per heavy atom. The number of H-pyrrole nitrogens is 1. The highest BCUT2D eigenvalue weighted by Crippen LogP contribution is 2.30. The minimum absolute atomic E-state index is 0.105. The van der Waals surface area contributed by atoms with Crippen LogP contribution < -0.4 is 5.56 Å². The second kappa shape index (κ2) is 9.72. The second-order valence-electron chi connectivity index (χ2n) is 7.72. The molecule has 0 saturated heterocycles. The van der Waals surface area contributed by atoms with Crippen molar-refractivity contribution in [3.63, 3.8) is 0 Å². The second-order valence-corrected chi connectivity index (χ2v) is 8.79. The van der Waals surface area contributed by atoms with Gasteiger partial charge in [-0.25, -0.2) is 4.98 Å². The molecule has 4 aromatic rings. The molecule has 0 aliphatic carbocycles. The normalized spacial score (nSPS) is 11.3. The number of aromatic nitrogens is 3. The van der Waals surface area contributed by atoms with Gasteiger partial charge in [0.2, 0.25) is 5.25 Å². The highest BCUT2D eigenvalue weighted by Gasteiger charge is 2.33. The van der Waals surface area contributed by atoms with Crippen LogP contribution in [0.4, 0.5) is 0 Å². The van der Waals surface area contributed by atoms with Crippen LogP contribution >= 0.6 is 11.8 Å². The van der Waals surface area contributed by atoms with Crippen molar-refractivity contribution in [2.24, 2.45) is 0 Å². The molecule has 0 spiro atoms. The fourth-order valence-corrected chi connectivity index (χ4v) is 4.70. The lowest BCUT2D eigenvalue weighted by molar-refractivity contribution is -0.152. The number of carbonyl (C=O) groups is 2. The summed E-state index contributed by atoms with van der Waals surface area (Å²) in [4.78, 5) is 47.1. The lowest BCUT2D eigenvalue weighted by Crippen LogP contribution is -2.32. The number of carbonyl (C=O) groups excluding carboxylic acids is 2. The fraction of sp³-hybridized carbons (Fsp3) is 0.280. The molecule has 8 nitrogen and oxygen atoms in total. The van der Waals surface area contributed by atoms with Gasteiger partial charge in [0.15, 0.2) is 5.16 Å². The molecule has 0 fully saturated rings. The van der Waals surface area contributed by atoms with E-state index in [9.17, 15) is 14.4 Å². The third-order valence-electron chi connectivity index (χ3n) is 5.32. The van der Waals surface area contributed by atoms with Crippen LogP contribution in [0.15, 0.2) is 52.4 Å². The van der Waals surface area contributed by atoms with Gasteiger partial charge in [-0.2, -0.15) is 0 Å². The first kappa shape index (κ1) is 23.6. The minimum Gasteiger partial charge on any atom is -0.465 e. The number of nitrogens with one attached hydrogen (secondary N) is 1. The largest absolute Gasteiger partial charge is 0.465 e. The summed E-state index contributed by atoms with van der Waals surface area (Å²) in [6.07, 6.45) is 0. The Morgan fingerprint density at radius 2 is 1.74 bits per heavy atom. The topological polar surface area (TPSA) is 103 Å². The van der Waals surface area contributed by atoms with Crippen LogP contribution in [0.1, 0.15) is 25.0 Å².